The summed E-state index contributed by atoms with van der Waals surface area (Å²) in [6.45, 7) is 0.583. The Bertz CT molecular complexity index is 802. The lowest BCUT2D eigenvalue weighted by Crippen LogP contribution is -2.33. The molecule has 0 saturated carbocycles. The maximum Gasteiger partial charge on any atom is 0.337 e. The van der Waals surface area contributed by atoms with Gasteiger partial charge in [0, 0.05) is 5.69 Å². The van der Waals surface area contributed by atoms with E-state index >= 15 is 0 Å². The number of esters is 1. The molecule has 0 aliphatic carbocycles. The van der Waals surface area contributed by atoms with Crippen LogP contribution in [0, 0.1) is 0 Å². The molecule has 134 valence electrons. The Morgan fingerprint density at radius 2 is 1.54 bits per heavy atom. The molecule has 0 bridgehead atoms. The highest BCUT2D eigenvalue weighted by atomic mass is 16.5. The van der Waals surface area contributed by atoms with Crippen molar-refractivity contribution in [2.75, 3.05) is 12.4 Å². The van der Waals surface area contributed by atoms with Gasteiger partial charge in [-0.25, -0.2) is 9.59 Å². The van der Waals surface area contributed by atoms with Crippen LogP contribution in [0.4, 0.5) is 10.5 Å². The molecule has 1 aromatic carbocycles. The number of nitrogens with one attached hydrogen (secondary N) is 1. The van der Waals surface area contributed by atoms with Crippen LogP contribution >= 0.6 is 0 Å². The van der Waals surface area contributed by atoms with Gasteiger partial charge in [-0.2, -0.15) is 0 Å². The number of methoxy groups -OCH3 is 1. The van der Waals surface area contributed by atoms with Crippen molar-refractivity contribution in [3.63, 3.8) is 0 Å². The SMILES string of the molecule is COC(=O)c1ccc(NC(=O)N(Cc2ccco2)Cc2ccco2)cc1. The number of nitrogens with zero attached hydrogens (tertiary/aromatic N) is 1. The summed E-state index contributed by atoms with van der Waals surface area (Å²) < 4.78 is 15.3. The first-order valence-electron chi connectivity index (χ1n) is 7.95. The minimum Gasteiger partial charge on any atom is -0.467 e. The number of carbonyl (C=O) groups is 2. The van der Waals surface area contributed by atoms with Gasteiger partial charge in [0.15, 0.2) is 0 Å². The Morgan fingerprint density at radius 3 is 2.00 bits per heavy atom. The Hall–Kier alpha value is -3.48. The van der Waals surface area contributed by atoms with E-state index in [2.05, 4.69) is 10.1 Å². The van der Waals surface area contributed by atoms with Gasteiger partial charge in [-0.15, -0.1) is 0 Å². The predicted molar refractivity (Wildman–Crippen MR) is 93.5 cm³/mol. The Balaban J connectivity index is 1.70. The molecular weight excluding hydrogens is 336 g/mol. The largest absolute Gasteiger partial charge is 0.467 e. The maximum atomic E-state index is 12.7. The van der Waals surface area contributed by atoms with Gasteiger partial charge in [0.25, 0.3) is 0 Å². The van der Waals surface area contributed by atoms with Crippen LogP contribution in [0.25, 0.3) is 0 Å². The highest BCUT2D eigenvalue weighted by Gasteiger charge is 2.17. The third-order valence-electron chi connectivity index (χ3n) is 3.70. The van der Waals surface area contributed by atoms with Crippen LogP contribution in [0.2, 0.25) is 0 Å². The monoisotopic (exact) mass is 354 g/mol. The average molecular weight is 354 g/mol. The van der Waals surface area contributed by atoms with Crippen LogP contribution in [0.5, 0.6) is 0 Å². The molecule has 3 rings (SSSR count). The van der Waals surface area contributed by atoms with Gasteiger partial charge in [0.05, 0.1) is 38.3 Å². The van der Waals surface area contributed by atoms with Gasteiger partial charge in [-0.05, 0) is 48.5 Å². The van der Waals surface area contributed by atoms with Gasteiger partial charge in [0.1, 0.15) is 11.5 Å². The second-order valence-corrected chi connectivity index (χ2v) is 5.51. The normalized spacial score (nSPS) is 10.3. The van der Waals surface area contributed by atoms with Crippen LogP contribution in [-0.2, 0) is 17.8 Å². The number of anilines is 1. The molecule has 7 heteroatoms. The number of hydrogen-bond donors (Lipinski definition) is 1. The summed E-state index contributed by atoms with van der Waals surface area (Å²) in [5.41, 5.74) is 0.972. The predicted octanol–water partition coefficient (Wildman–Crippen LogP) is 3.89. The number of rotatable bonds is 6. The van der Waals surface area contributed by atoms with Crippen molar-refractivity contribution in [1.29, 1.82) is 0 Å². The molecule has 0 aliphatic heterocycles. The summed E-state index contributed by atoms with van der Waals surface area (Å²) in [4.78, 5) is 25.7. The molecule has 0 unspecified atom stereocenters. The molecule has 0 atom stereocenters. The molecule has 26 heavy (non-hydrogen) atoms. The van der Waals surface area contributed by atoms with Crippen molar-refractivity contribution < 1.29 is 23.2 Å². The third-order valence-corrected chi connectivity index (χ3v) is 3.70. The summed E-state index contributed by atoms with van der Waals surface area (Å²) in [6.07, 6.45) is 3.12. The molecule has 2 heterocycles. The van der Waals surface area contributed by atoms with Crippen LogP contribution < -0.4 is 5.32 Å². The van der Waals surface area contributed by atoms with E-state index in [0.717, 1.165) is 0 Å². The molecule has 0 fully saturated rings. The number of ether oxygens (including phenoxy) is 1. The van der Waals surface area contributed by atoms with Gasteiger partial charge in [0.2, 0.25) is 0 Å². The lowest BCUT2D eigenvalue weighted by molar-refractivity contribution is 0.0600. The summed E-state index contributed by atoms with van der Waals surface area (Å²) >= 11 is 0. The fourth-order valence-electron chi connectivity index (χ4n) is 2.39. The smallest absolute Gasteiger partial charge is 0.337 e. The Morgan fingerprint density at radius 1 is 0.962 bits per heavy atom. The van der Waals surface area contributed by atoms with Crippen LogP contribution in [0.3, 0.4) is 0 Å². The maximum absolute atomic E-state index is 12.7. The van der Waals surface area contributed by atoms with Gasteiger partial charge in [-0.3, -0.25) is 0 Å². The zero-order valence-corrected chi connectivity index (χ0v) is 14.2. The first-order chi connectivity index (χ1) is 12.7. The fraction of sp³-hybridized carbons (Fsp3) is 0.158. The van der Waals surface area contributed by atoms with E-state index in [-0.39, 0.29) is 6.03 Å². The van der Waals surface area contributed by atoms with E-state index in [1.54, 1.807) is 66.0 Å². The molecule has 7 nitrogen and oxygen atoms in total. The lowest BCUT2D eigenvalue weighted by atomic mass is 10.2. The van der Waals surface area contributed by atoms with Gasteiger partial charge >= 0.3 is 12.0 Å². The molecule has 2 aromatic heterocycles. The number of carbonyl (C=O) groups excluding carboxylic acids is 2. The first-order valence-corrected chi connectivity index (χ1v) is 7.95. The first kappa shape index (κ1) is 17.3. The topological polar surface area (TPSA) is 84.9 Å². The number of benzene rings is 1. The van der Waals surface area contributed by atoms with Crippen molar-refractivity contribution in [2.24, 2.45) is 0 Å². The van der Waals surface area contributed by atoms with E-state index in [4.69, 9.17) is 8.83 Å². The minimum atomic E-state index is -0.430. The standard InChI is InChI=1S/C19H18N2O5/c1-24-18(22)14-6-8-15(9-7-14)20-19(23)21(12-16-4-2-10-25-16)13-17-5-3-11-26-17/h2-11H,12-13H2,1H3,(H,20,23). The highest BCUT2D eigenvalue weighted by molar-refractivity contribution is 5.92. The molecular formula is C19H18N2O5. The number of urea groups is 1. The van der Waals surface area contributed by atoms with E-state index in [0.29, 0.717) is 35.9 Å². The number of furan rings is 2. The summed E-state index contributed by atoms with van der Waals surface area (Å²) in [5.74, 6) is 0.889. The number of hydrogen-bond acceptors (Lipinski definition) is 5. The van der Waals surface area contributed by atoms with Crippen molar-refractivity contribution in [2.45, 2.75) is 13.1 Å². The van der Waals surface area contributed by atoms with Gasteiger partial charge < -0.3 is 23.8 Å². The molecule has 3 aromatic rings. The summed E-state index contributed by atoms with van der Waals surface area (Å²) in [6, 6.07) is 13.3. The Kier molecular flexibility index (Phi) is 5.38. The zero-order valence-electron chi connectivity index (χ0n) is 14.2. The molecule has 0 aliphatic rings. The second kappa shape index (κ2) is 8.06. The van der Waals surface area contributed by atoms with Crippen LogP contribution in [0.15, 0.2) is 69.9 Å². The number of amides is 2. The van der Waals surface area contributed by atoms with Crippen molar-refractivity contribution in [3.8, 4) is 0 Å². The molecule has 0 saturated heterocycles. The van der Waals surface area contributed by atoms with Crippen LogP contribution in [-0.4, -0.2) is 24.0 Å². The molecule has 1 N–H and O–H groups in total. The zero-order chi connectivity index (χ0) is 18.4. The second-order valence-electron chi connectivity index (χ2n) is 5.51. The quantitative estimate of drug-likeness (QED) is 0.679. The molecule has 0 radical (unpaired) electrons. The van der Waals surface area contributed by atoms with E-state index < -0.39 is 5.97 Å². The van der Waals surface area contributed by atoms with Crippen molar-refractivity contribution >= 4 is 17.7 Å². The fourth-order valence-corrected chi connectivity index (χ4v) is 2.39. The van der Waals surface area contributed by atoms with E-state index in [1.807, 2.05) is 0 Å². The van der Waals surface area contributed by atoms with Crippen LogP contribution in [0.1, 0.15) is 21.9 Å². The summed E-state index contributed by atoms with van der Waals surface area (Å²) in [5, 5.41) is 2.80. The van der Waals surface area contributed by atoms with Crippen molar-refractivity contribution in [3.05, 3.63) is 78.1 Å². The van der Waals surface area contributed by atoms with E-state index in [1.165, 1.54) is 7.11 Å². The molecule has 0 spiro atoms. The Labute approximate surface area is 150 Å². The van der Waals surface area contributed by atoms with Gasteiger partial charge in [-0.1, -0.05) is 0 Å². The minimum absolute atomic E-state index is 0.291. The average Bonchev–Trinajstić information content (AvgIpc) is 3.35. The molecule has 2 amide bonds. The highest BCUT2D eigenvalue weighted by Crippen LogP contribution is 2.15. The lowest BCUT2D eigenvalue weighted by Gasteiger charge is -2.21. The van der Waals surface area contributed by atoms with E-state index in [9.17, 15) is 9.59 Å². The summed E-state index contributed by atoms with van der Waals surface area (Å²) in [7, 11) is 1.32. The van der Waals surface area contributed by atoms with Crippen molar-refractivity contribution in [1.82, 2.24) is 4.90 Å². The third kappa shape index (κ3) is 4.32.